The Balaban J connectivity index is 1.35. The van der Waals surface area contributed by atoms with Crippen LogP contribution in [0.15, 0.2) is 34.9 Å². The molecule has 2 fully saturated rings. The van der Waals surface area contributed by atoms with Gasteiger partial charge in [-0.3, -0.25) is 14.4 Å². The van der Waals surface area contributed by atoms with E-state index in [1.54, 1.807) is 34.9 Å². The molecule has 152 valence electrons. The molecule has 1 aromatic heterocycles. The topological polar surface area (TPSA) is 95.8 Å². The molecule has 8 nitrogen and oxygen atoms in total. The molecule has 2 aromatic rings. The van der Waals surface area contributed by atoms with Gasteiger partial charge in [-0.05, 0) is 44.4 Å². The average molecular weight is 396 g/mol. The first-order valence-electron chi connectivity index (χ1n) is 9.95. The Kier molecular flexibility index (Phi) is 5.33. The molecule has 0 saturated carbocycles. The SMILES string of the molecule is Cc1cc(NC(=O)C2CCN(C(=O)c3cccc(N4CCCC4=O)c3)CC2)no1. The first-order chi connectivity index (χ1) is 14.0. The van der Waals surface area contributed by atoms with Crippen molar-refractivity contribution < 1.29 is 18.9 Å². The van der Waals surface area contributed by atoms with Crippen molar-refractivity contribution in [1.82, 2.24) is 10.1 Å². The summed E-state index contributed by atoms with van der Waals surface area (Å²) in [6.45, 7) is 3.49. The van der Waals surface area contributed by atoms with E-state index in [0.717, 1.165) is 12.1 Å². The third kappa shape index (κ3) is 4.16. The lowest BCUT2D eigenvalue weighted by atomic mass is 9.95. The summed E-state index contributed by atoms with van der Waals surface area (Å²) in [6, 6.07) is 8.92. The molecule has 1 N–H and O–H groups in total. The van der Waals surface area contributed by atoms with Crippen LogP contribution in [0.1, 0.15) is 41.8 Å². The number of hydrogen-bond donors (Lipinski definition) is 1. The van der Waals surface area contributed by atoms with E-state index < -0.39 is 0 Å². The zero-order valence-electron chi connectivity index (χ0n) is 16.4. The number of carbonyl (C=O) groups is 3. The fraction of sp³-hybridized carbons (Fsp3) is 0.429. The molecule has 3 amide bonds. The summed E-state index contributed by atoms with van der Waals surface area (Å²) in [5, 5.41) is 6.55. The van der Waals surface area contributed by atoms with Crippen molar-refractivity contribution in [3.63, 3.8) is 0 Å². The standard InChI is InChI=1S/C21H24N4O4/c1-14-12-18(23-29-14)22-20(27)15-7-10-24(11-8-15)21(28)16-4-2-5-17(13-16)25-9-3-6-19(25)26/h2,4-5,12-13,15H,3,6-11H2,1H3,(H,22,23,27). The van der Waals surface area contributed by atoms with Gasteiger partial charge in [0.15, 0.2) is 5.82 Å². The molecule has 4 rings (SSSR count). The monoisotopic (exact) mass is 396 g/mol. The molecule has 2 aliphatic rings. The van der Waals surface area contributed by atoms with E-state index in [1.807, 2.05) is 12.1 Å². The summed E-state index contributed by atoms with van der Waals surface area (Å²) >= 11 is 0. The molecule has 0 radical (unpaired) electrons. The summed E-state index contributed by atoms with van der Waals surface area (Å²) < 4.78 is 4.96. The second-order valence-electron chi connectivity index (χ2n) is 7.58. The maximum atomic E-state index is 12.9. The van der Waals surface area contributed by atoms with E-state index in [4.69, 9.17) is 4.52 Å². The fourth-order valence-electron chi connectivity index (χ4n) is 3.91. The summed E-state index contributed by atoms with van der Waals surface area (Å²) in [6.07, 6.45) is 2.60. The van der Waals surface area contributed by atoms with Crippen LogP contribution in [0.25, 0.3) is 0 Å². The van der Waals surface area contributed by atoms with E-state index >= 15 is 0 Å². The normalized spacial score (nSPS) is 17.6. The number of rotatable bonds is 4. The van der Waals surface area contributed by atoms with Gasteiger partial charge in [-0.15, -0.1) is 0 Å². The molecular formula is C21H24N4O4. The first-order valence-corrected chi connectivity index (χ1v) is 9.95. The molecule has 3 heterocycles. The lowest BCUT2D eigenvalue weighted by Crippen LogP contribution is -2.41. The Bertz CT molecular complexity index is 930. The number of nitrogens with one attached hydrogen (secondary N) is 1. The number of aromatic nitrogens is 1. The largest absolute Gasteiger partial charge is 0.360 e. The van der Waals surface area contributed by atoms with Crippen molar-refractivity contribution in [1.29, 1.82) is 0 Å². The predicted octanol–water partition coefficient (Wildman–Crippen LogP) is 2.60. The minimum atomic E-state index is -0.162. The van der Waals surface area contributed by atoms with Crippen LogP contribution >= 0.6 is 0 Å². The van der Waals surface area contributed by atoms with Gasteiger partial charge in [0.2, 0.25) is 11.8 Å². The number of likely N-dealkylation sites (tertiary alicyclic amines) is 1. The number of hydrogen-bond acceptors (Lipinski definition) is 5. The van der Waals surface area contributed by atoms with Crippen LogP contribution in [0, 0.1) is 12.8 Å². The Morgan fingerprint density at radius 1 is 1.17 bits per heavy atom. The van der Waals surface area contributed by atoms with Gasteiger partial charge in [0.05, 0.1) is 0 Å². The van der Waals surface area contributed by atoms with Crippen LogP contribution in [0.4, 0.5) is 11.5 Å². The van der Waals surface area contributed by atoms with Crippen LogP contribution in [-0.4, -0.2) is 47.4 Å². The van der Waals surface area contributed by atoms with Gasteiger partial charge in [-0.25, -0.2) is 0 Å². The molecule has 0 spiro atoms. The molecule has 2 aliphatic heterocycles. The second-order valence-corrected chi connectivity index (χ2v) is 7.58. The number of nitrogens with zero attached hydrogens (tertiary/aromatic N) is 3. The molecule has 0 bridgehead atoms. The van der Waals surface area contributed by atoms with Gasteiger partial charge in [-0.1, -0.05) is 11.2 Å². The fourth-order valence-corrected chi connectivity index (χ4v) is 3.91. The van der Waals surface area contributed by atoms with Crippen molar-refractivity contribution in [2.45, 2.75) is 32.6 Å². The smallest absolute Gasteiger partial charge is 0.253 e. The molecule has 0 atom stereocenters. The highest BCUT2D eigenvalue weighted by Gasteiger charge is 2.29. The van der Waals surface area contributed by atoms with Gasteiger partial charge in [0, 0.05) is 49.3 Å². The maximum Gasteiger partial charge on any atom is 0.253 e. The molecule has 1 aromatic carbocycles. The molecule has 2 saturated heterocycles. The molecule has 0 unspecified atom stereocenters. The van der Waals surface area contributed by atoms with Crippen molar-refractivity contribution in [3.05, 3.63) is 41.7 Å². The van der Waals surface area contributed by atoms with Crippen molar-refractivity contribution >= 4 is 29.2 Å². The Morgan fingerprint density at radius 3 is 2.62 bits per heavy atom. The summed E-state index contributed by atoms with van der Waals surface area (Å²) in [7, 11) is 0. The van der Waals surface area contributed by atoms with Crippen molar-refractivity contribution in [2.24, 2.45) is 5.92 Å². The molecule has 8 heteroatoms. The highest BCUT2D eigenvalue weighted by atomic mass is 16.5. The predicted molar refractivity (Wildman–Crippen MR) is 107 cm³/mol. The number of carbonyl (C=O) groups excluding carboxylic acids is 3. The Labute approximate surface area is 168 Å². The van der Waals surface area contributed by atoms with Crippen LogP contribution in [0.2, 0.25) is 0 Å². The van der Waals surface area contributed by atoms with E-state index in [1.165, 1.54) is 0 Å². The first kappa shape index (κ1) is 19.2. The number of benzene rings is 1. The highest BCUT2D eigenvalue weighted by molar-refractivity contribution is 5.99. The number of aryl methyl sites for hydroxylation is 1. The minimum absolute atomic E-state index is 0.0653. The van der Waals surface area contributed by atoms with Crippen LogP contribution in [0.3, 0.4) is 0 Å². The van der Waals surface area contributed by atoms with Crippen LogP contribution in [-0.2, 0) is 9.59 Å². The summed E-state index contributed by atoms with van der Waals surface area (Å²) in [5.74, 6) is 0.829. The lowest BCUT2D eigenvalue weighted by molar-refractivity contribution is -0.121. The van der Waals surface area contributed by atoms with E-state index in [2.05, 4.69) is 10.5 Å². The van der Waals surface area contributed by atoms with Gasteiger partial charge in [-0.2, -0.15) is 0 Å². The van der Waals surface area contributed by atoms with Gasteiger partial charge < -0.3 is 19.6 Å². The number of amides is 3. The lowest BCUT2D eigenvalue weighted by Gasteiger charge is -2.31. The minimum Gasteiger partial charge on any atom is -0.360 e. The third-order valence-corrected chi connectivity index (χ3v) is 5.51. The average Bonchev–Trinajstić information content (AvgIpc) is 3.35. The molecule has 29 heavy (non-hydrogen) atoms. The molecule has 0 aliphatic carbocycles. The van der Waals surface area contributed by atoms with Gasteiger partial charge >= 0.3 is 0 Å². The third-order valence-electron chi connectivity index (χ3n) is 5.51. The summed E-state index contributed by atoms with van der Waals surface area (Å²) in [4.78, 5) is 40.8. The van der Waals surface area contributed by atoms with Crippen molar-refractivity contribution in [2.75, 3.05) is 29.9 Å². The van der Waals surface area contributed by atoms with Gasteiger partial charge in [0.1, 0.15) is 5.76 Å². The summed E-state index contributed by atoms with van der Waals surface area (Å²) in [5.41, 5.74) is 1.35. The maximum absolute atomic E-state index is 12.9. The van der Waals surface area contributed by atoms with E-state index in [-0.39, 0.29) is 23.6 Å². The van der Waals surface area contributed by atoms with Gasteiger partial charge in [0.25, 0.3) is 5.91 Å². The van der Waals surface area contributed by atoms with Crippen molar-refractivity contribution in [3.8, 4) is 0 Å². The van der Waals surface area contributed by atoms with Crippen LogP contribution < -0.4 is 10.2 Å². The highest BCUT2D eigenvalue weighted by Crippen LogP contribution is 2.25. The number of anilines is 2. The quantitative estimate of drug-likeness (QED) is 0.857. The van der Waals surface area contributed by atoms with E-state index in [9.17, 15) is 14.4 Å². The van der Waals surface area contributed by atoms with E-state index in [0.29, 0.717) is 56.0 Å². The second kappa shape index (κ2) is 8.06. The zero-order valence-corrected chi connectivity index (χ0v) is 16.4. The Morgan fingerprint density at radius 2 is 1.97 bits per heavy atom. The zero-order chi connectivity index (χ0) is 20.4. The van der Waals surface area contributed by atoms with Crippen LogP contribution in [0.5, 0.6) is 0 Å². The molecular weight excluding hydrogens is 372 g/mol. The number of piperidine rings is 1. The Hall–Kier alpha value is -3.16.